The molecule has 0 saturated carbocycles. The Hall–Kier alpha value is -4.45. The minimum atomic E-state index is 0.0146. The number of hydrogen-bond donors (Lipinski definition) is 1. The van der Waals surface area contributed by atoms with E-state index in [1.54, 1.807) is 6.20 Å². The van der Waals surface area contributed by atoms with Crippen LogP contribution in [0.2, 0.25) is 0 Å². The van der Waals surface area contributed by atoms with Crippen molar-refractivity contribution in [1.82, 2.24) is 24.6 Å². The molecular formula is C30H27N5O. The molecule has 1 amide bonds. The average molecular weight is 474 g/mol. The van der Waals surface area contributed by atoms with Crippen LogP contribution in [0.1, 0.15) is 33.5 Å². The number of hydrogen-bond acceptors (Lipinski definition) is 3. The quantitative estimate of drug-likeness (QED) is 0.355. The Labute approximate surface area is 209 Å². The second-order valence-electron chi connectivity index (χ2n) is 9.27. The van der Waals surface area contributed by atoms with Gasteiger partial charge in [0.1, 0.15) is 11.3 Å². The molecule has 0 bridgehead atoms. The zero-order chi connectivity index (χ0) is 24.5. The lowest BCUT2D eigenvalue weighted by Gasteiger charge is -2.26. The highest BCUT2D eigenvalue weighted by atomic mass is 16.2. The van der Waals surface area contributed by atoms with E-state index in [1.165, 1.54) is 16.7 Å². The summed E-state index contributed by atoms with van der Waals surface area (Å²) >= 11 is 0. The third-order valence-corrected chi connectivity index (χ3v) is 6.80. The largest absolute Gasteiger partial charge is 0.346 e. The van der Waals surface area contributed by atoms with Gasteiger partial charge in [0.15, 0.2) is 0 Å². The number of aromatic amines is 1. The lowest BCUT2D eigenvalue weighted by molar-refractivity contribution is 0.0773. The number of pyridine rings is 1. The maximum Gasteiger partial charge on any atom is 0.257 e. The van der Waals surface area contributed by atoms with Gasteiger partial charge in [-0.25, -0.2) is 4.98 Å². The summed E-state index contributed by atoms with van der Waals surface area (Å²) < 4.78 is 1.88. The van der Waals surface area contributed by atoms with E-state index in [4.69, 9.17) is 5.10 Å². The fourth-order valence-corrected chi connectivity index (χ4v) is 4.84. The van der Waals surface area contributed by atoms with Gasteiger partial charge >= 0.3 is 0 Å². The molecule has 3 aromatic heterocycles. The van der Waals surface area contributed by atoms with Gasteiger partial charge in [0, 0.05) is 48.2 Å². The summed E-state index contributed by atoms with van der Waals surface area (Å²) in [5.74, 6) is 0.0146. The molecule has 2 aromatic carbocycles. The summed E-state index contributed by atoms with van der Waals surface area (Å²) in [7, 11) is 0. The van der Waals surface area contributed by atoms with E-state index in [1.807, 2.05) is 58.4 Å². The van der Waals surface area contributed by atoms with Crippen LogP contribution in [-0.4, -0.2) is 43.6 Å². The zero-order valence-corrected chi connectivity index (χ0v) is 20.2. The average Bonchev–Trinajstić information content (AvgIpc) is 3.54. The maximum absolute atomic E-state index is 13.8. The number of amides is 1. The van der Waals surface area contributed by atoms with Crippen molar-refractivity contribution in [2.45, 2.75) is 19.9 Å². The van der Waals surface area contributed by atoms with E-state index in [2.05, 4.69) is 53.3 Å². The topological polar surface area (TPSA) is 66.8 Å². The number of carbonyl (C=O) groups excluding carboxylic acids is 1. The molecule has 5 aromatic rings. The Bertz CT molecular complexity index is 1560. The Morgan fingerprint density at radius 2 is 1.86 bits per heavy atom. The van der Waals surface area contributed by atoms with Crippen LogP contribution < -0.4 is 0 Å². The predicted octanol–water partition coefficient (Wildman–Crippen LogP) is 5.71. The zero-order valence-electron chi connectivity index (χ0n) is 20.2. The van der Waals surface area contributed by atoms with Crippen molar-refractivity contribution in [3.63, 3.8) is 0 Å². The summed E-state index contributed by atoms with van der Waals surface area (Å²) in [6.45, 7) is 3.91. The van der Waals surface area contributed by atoms with Gasteiger partial charge in [-0.3, -0.25) is 9.48 Å². The normalized spacial score (nSPS) is 13.7. The highest BCUT2D eigenvalue weighted by Gasteiger charge is 2.25. The van der Waals surface area contributed by atoms with Crippen molar-refractivity contribution in [2.75, 3.05) is 13.1 Å². The number of carbonyl (C=O) groups is 1. The van der Waals surface area contributed by atoms with E-state index in [0.717, 1.165) is 34.3 Å². The van der Waals surface area contributed by atoms with E-state index < -0.39 is 0 Å². The smallest absolute Gasteiger partial charge is 0.257 e. The second kappa shape index (κ2) is 9.30. The monoisotopic (exact) mass is 473 g/mol. The molecule has 0 aliphatic carbocycles. The van der Waals surface area contributed by atoms with Crippen LogP contribution in [0.3, 0.4) is 0 Å². The highest BCUT2D eigenvalue weighted by Crippen LogP contribution is 2.30. The Morgan fingerprint density at radius 3 is 2.64 bits per heavy atom. The van der Waals surface area contributed by atoms with Crippen LogP contribution in [0.5, 0.6) is 0 Å². The molecule has 1 aliphatic heterocycles. The lowest BCUT2D eigenvalue weighted by atomic mass is 9.99. The molecule has 1 N–H and O–H groups in total. The third kappa shape index (κ3) is 4.22. The van der Waals surface area contributed by atoms with Gasteiger partial charge in [-0.1, -0.05) is 66.2 Å². The number of nitrogens with one attached hydrogen (secondary N) is 1. The summed E-state index contributed by atoms with van der Waals surface area (Å²) in [6.07, 6.45) is 8.67. The Kier molecular flexibility index (Phi) is 5.70. The number of rotatable bonds is 5. The van der Waals surface area contributed by atoms with Crippen molar-refractivity contribution >= 4 is 22.5 Å². The van der Waals surface area contributed by atoms with Gasteiger partial charge in [-0.05, 0) is 36.6 Å². The summed E-state index contributed by atoms with van der Waals surface area (Å²) in [6, 6.07) is 22.4. The Balaban J connectivity index is 1.29. The molecule has 6 heteroatoms. The van der Waals surface area contributed by atoms with Crippen LogP contribution in [0.15, 0.2) is 91.4 Å². The van der Waals surface area contributed by atoms with Gasteiger partial charge in [0.25, 0.3) is 5.91 Å². The predicted molar refractivity (Wildman–Crippen MR) is 143 cm³/mol. The molecule has 4 heterocycles. The van der Waals surface area contributed by atoms with Gasteiger partial charge in [0.2, 0.25) is 0 Å². The summed E-state index contributed by atoms with van der Waals surface area (Å²) in [5, 5.41) is 5.97. The van der Waals surface area contributed by atoms with Crippen molar-refractivity contribution in [3.8, 4) is 11.3 Å². The fraction of sp³-hybridized carbons (Fsp3) is 0.167. The first-order chi connectivity index (χ1) is 17.7. The van der Waals surface area contributed by atoms with E-state index in [-0.39, 0.29) is 5.91 Å². The number of nitrogens with zero attached hydrogens (tertiary/aromatic N) is 4. The molecule has 0 atom stereocenters. The molecule has 0 spiro atoms. The summed E-state index contributed by atoms with van der Waals surface area (Å²) in [5.41, 5.74) is 7.95. The lowest BCUT2D eigenvalue weighted by Crippen LogP contribution is -2.34. The molecule has 1 aliphatic rings. The Morgan fingerprint density at radius 1 is 1.03 bits per heavy atom. The molecule has 0 unspecified atom stereocenters. The first-order valence-corrected chi connectivity index (χ1v) is 12.2. The van der Waals surface area contributed by atoms with Crippen LogP contribution >= 0.6 is 0 Å². The molecule has 0 radical (unpaired) electrons. The van der Waals surface area contributed by atoms with Gasteiger partial charge in [0.05, 0.1) is 12.1 Å². The van der Waals surface area contributed by atoms with Crippen molar-refractivity contribution < 1.29 is 4.79 Å². The van der Waals surface area contributed by atoms with Gasteiger partial charge in [-0.15, -0.1) is 0 Å². The second-order valence-corrected chi connectivity index (χ2v) is 9.27. The molecule has 6 rings (SSSR count). The van der Waals surface area contributed by atoms with E-state index in [0.29, 0.717) is 25.2 Å². The number of H-pyrrole nitrogens is 1. The van der Waals surface area contributed by atoms with Crippen LogP contribution in [0.25, 0.3) is 27.9 Å². The molecule has 178 valence electrons. The molecule has 0 saturated heterocycles. The van der Waals surface area contributed by atoms with Gasteiger partial charge in [-0.2, -0.15) is 5.10 Å². The molecular weight excluding hydrogens is 446 g/mol. The standard InChI is InChI=1S/C30H27N5O/c1-21-9-11-24(12-10-21)28-27(20-35(33-28)19-22-6-3-2-4-7-22)30(36)34-16-13-23(14-17-34)26-18-32-29-25(26)8-5-15-31-29/h2-13,15,18,20H,14,16-17,19H2,1H3,(H,31,32). The highest BCUT2D eigenvalue weighted by molar-refractivity contribution is 6.00. The molecule has 6 nitrogen and oxygen atoms in total. The van der Waals surface area contributed by atoms with Crippen molar-refractivity contribution in [3.05, 3.63) is 114 Å². The summed E-state index contributed by atoms with van der Waals surface area (Å²) in [4.78, 5) is 23.3. The number of aryl methyl sites for hydroxylation is 1. The third-order valence-electron chi connectivity index (χ3n) is 6.80. The van der Waals surface area contributed by atoms with Gasteiger partial charge < -0.3 is 9.88 Å². The van der Waals surface area contributed by atoms with Crippen molar-refractivity contribution in [2.24, 2.45) is 0 Å². The number of fused-ring (bicyclic) bond motifs is 1. The van der Waals surface area contributed by atoms with E-state index in [9.17, 15) is 4.79 Å². The number of benzene rings is 2. The fourth-order valence-electron chi connectivity index (χ4n) is 4.84. The van der Waals surface area contributed by atoms with Crippen LogP contribution in [-0.2, 0) is 6.54 Å². The minimum Gasteiger partial charge on any atom is -0.346 e. The SMILES string of the molecule is Cc1ccc(-c2nn(Cc3ccccc3)cc2C(=O)N2CC=C(c3c[nH]c4ncccc34)CC2)cc1. The van der Waals surface area contributed by atoms with E-state index >= 15 is 0 Å². The van der Waals surface area contributed by atoms with Crippen LogP contribution in [0, 0.1) is 6.92 Å². The number of aromatic nitrogens is 4. The van der Waals surface area contributed by atoms with Crippen LogP contribution in [0.4, 0.5) is 0 Å². The first kappa shape index (κ1) is 22.0. The minimum absolute atomic E-state index is 0.0146. The molecule has 0 fully saturated rings. The first-order valence-electron chi connectivity index (χ1n) is 12.2. The van der Waals surface area contributed by atoms with Crippen molar-refractivity contribution in [1.29, 1.82) is 0 Å². The molecule has 36 heavy (non-hydrogen) atoms. The maximum atomic E-state index is 13.8.